The van der Waals surface area contributed by atoms with Crippen molar-refractivity contribution in [2.75, 3.05) is 19.8 Å². The predicted molar refractivity (Wildman–Crippen MR) is 184 cm³/mol. The number of ether oxygens (including phenoxy) is 4. The quantitative estimate of drug-likeness (QED) is 0.313. The lowest BCUT2D eigenvalue weighted by atomic mass is 10.1. The molecule has 1 saturated heterocycles. The zero-order chi connectivity index (χ0) is 37.0. The minimum Gasteiger partial charge on any atom is -0.486 e. The average Bonchev–Trinajstić information content (AvgIpc) is 3.98. The first-order valence-electron chi connectivity index (χ1n) is 17.6. The zero-order valence-corrected chi connectivity index (χ0v) is 29.9. The Morgan fingerprint density at radius 2 is 1.88 bits per heavy atom. The summed E-state index contributed by atoms with van der Waals surface area (Å²) in [5.74, 6) is -1.43. The Hall–Kier alpha value is -4.64. The van der Waals surface area contributed by atoms with Crippen molar-refractivity contribution in [3.8, 4) is 17.4 Å². The Kier molecular flexibility index (Phi) is 9.21. The summed E-state index contributed by atoms with van der Waals surface area (Å²) < 4.78 is 51.4. The third-order valence-electron chi connectivity index (χ3n) is 10.7. The molecule has 0 unspecified atom stereocenters. The smallest absolute Gasteiger partial charge is 0.405 e. The molecular weight excluding hydrogens is 698 g/mol. The van der Waals surface area contributed by atoms with Gasteiger partial charge in [0, 0.05) is 29.3 Å². The first kappa shape index (κ1) is 35.7. The van der Waals surface area contributed by atoms with Crippen molar-refractivity contribution >= 4 is 44.6 Å². The van der Waals surface area contributed by atoms with Gasteiger partial charge in [0.15, 0.2) is 11.5 Å². The summed E-state index contributed by atoms with van der Waals surface area (Å²) >= 11 is 0. The number of hydrogen-bond donors (Lipinski definition) is 4. The van der Waals surface area contributed by atoms with Gasteiger partial charge in [0.25, 0.3) is 5.91 Å². The lowest BCUT2D eigenvalue weighted by molar-refractivity contribution is -0.144. The van der Waals surface area contributed by atoms with Crippen LogP contribution in [0, 0.1) is 5.92 Å². The number of carbonyl (C=O) groups excluding carboxylic acids is 3. The molecule has 4 N–H and O–H groups in total. The SMILES string of the molecule is C[C@@H]1CCC=C[C@@H]2C[C@@]2(C(=O)NS(=O)(=O)C2(C)CC2)NC(=O)[C@@H]2C[C@@H](Oc3nccc4c5c(ccc34)OCCO5)CN2C(=O)[C@@H](NC(=O)O)[C@H](C)O1. The number of sulfonamides is 1. The van der Waals surface area contributed by atoms with Crippen molar-refractivity contribution in [3.63, 3.8) is 0 Å². The van der Waals surface area contributed by atoms with Crippen molar-refractivity contribution in [2.24, 2.45) is 5.92 Å². The van der Waals surface area contributed by atoms with Gasteiger partial charge in [-0.3, -0.25) is 19.1 Å². The van der Waals surface area contributed by atoms with Crippen LogP contribution in [0.5, 0.6) is 17.4 Å². The predicted octanol–water partition coefficient (Wildman–Crippen LogP) is 2.01. The Morgan fingerprint density at radius 1 is 1.12 bits per heavy atom. The van der Waals surface area contributed by atoms with E-state index in [1.54, 1.807) is 44.3 Å². The molecule has 16 nitrogen and oxygen atoms in total. The molecule has 4 amide bonds. The van der Waals surface area contributed by atoms with Gasteiger partial charge < -0.3 is 39.6 Å². The zero-order valence-electron chi connectivity index (χ0n) is 29.1. The van der Waals surface area contributed by atoms with Crippen LogP contribution in [-0.2, 0) is 29.1 Å². The average molecular weight is 742 g/mol. The summed E-state index contributed by atoms with van der Waals surface area (Å²) in [6.45, 7) is 5.61. The van der Waals surface area contributed by atoms with Crippen LogP contribution in [0.25, 0.3) is 10.8 Å². The second-order valence-electron chi connectivity index (χ2n) is 14.5. The molecule has 0 spiro atoms. The first-order valence-corrected chi connectivity index (χ1v) is 19.0. The standard InChI is InChI=1S/C35H43N5O11S/c1-19-6-4-5-7-21-17-35(21,32(43)39-52(46,47)34(3)11-12-34)38-29(41)25-16-22(18-40(25)31(42)27(20(2)50-19)37-33(44)45)51-30-24-8-9-26-28(49-15-14-48-26)23(24)10-13-36-30/h5,7-10,13,19-22,25,27,37H,4,6,11-12,14-18H2,1-3H3,(H,38,41)(H,39,43)(H,44,45)/t19-,20+,21-,22-,25+,27+,35-/m1/s1. The number of aromatic nitrogens is 1. The summed E-state index contributed by atoms with van der Waals surface area (Å²) in [4.78, 5) is 60.0. The summed E-state index contributed by atoms with van der Waals surface area (Å²) in [5, 5.41) is 16.1. The maximum Gasteiger partial charge on any atom is 0.405 e. The third-order valence-corrected chi connectivity index (χ3v) is 12.9. The third kappa shape index (κ3) is 6.71. The number of rotatable bonds is 6. The minimum absolute atomic E-state index is 0.0415. The van der Waals surface area contributed by atoms with Gasteiger partial charge in [-0.15, -0.1) is 0 Å². The fraction of sp³-hybridized carbons (Fsp3) is 0.571. The number of allylic oxidation sites excluding steroid dienone is 1. The van der Waals surface area contributed by atoms with Crippen LogP contribution in [0.4, 0.5) is 4.79 Å². The van der Waals surface area contributed by atoms with E-state index >= 15 is 0 Å². The summed E-state index contributed by atoms with van der Waals surface area (Å²) in [5.41, 5.74) is -1.58. The molecule has 7 rings (SSSR count). The number of nitrogens with one attached hydrogen (secondary N) is 3. The molecule has 3 aliphatic heterocycles. The molecule has 1 aromatic carbocycles. The van der Waals surface area contributed by atoms with Crippen LogP contribution < -0.4 is 29.6 Å². The van der Waals surface area contributed by atoms with Crippen molar-refractivity contribution in [1.29, 1.82) is 0 Å². The molecule has 2 aliphatic carbocycles. The van der Waals surface area contributed by atoms with Crippen LogP contribution in [0.1, 0.15) is 59.3 Å². The topological polar surface area (TPSA) is 212 Å². The maximum atomic E-state index is 14.3. The van der Waals surface area contributed by atoms with Crippen LogP contribution >= 0.6 is 0 Å². The molecule has 280 valence electrons. The molecule has 0 bridgehead atoms. The number of fused-ring (bicyclic) bond motifs is 5. The number of hydrogen-bond acceptors (Lipinski definition) is 11. The van der Waals surface area contributed by atoms with E-state index in [2.05, 4.69) is 20.3 Å². The number of nitrogens with zero attached hydrogens (tertiary/aromatic N) is 2. The normalized spacial score (nSPS) is 31.2. The molecule has 1 aromatic heterocycles. The second-order valence-corrected chi connectivity index (χ2v) is 16.7. The van der Waals surface area contributed by atoms with Gasteiger partial charge in [0.2, 0.25) is 27.7 Å². The Labute approximate surface area is 300 Å². The van der Waals surface area contributed by atoms with Gasteiger partial charge in [0.05, 0.1) is 23.5 Å². The molecule has 17 heteroatoms. The lowest BCUT2D eigenvalue weighted by Crippen LogP contribution is -2.60. The maximum absolute atomic E-state index is 14.3. The first-order chi connectivity index (χ1) is 24.7. The van der Waals surface area contributed by atoms with Gasteiger partial charge >= 0.3 is 6.09 Å². The van der Waals surface area contributed by atoms with E-state index in [-0.39, 0.29) is 31.4 Å². The Balaban J connectivity index is 1.21. The minimum atomic E-state index is -4.02. The lowest BCUT2D eigenvalue weighted by Gasteiger charge is -2.32. The van der Waals surface area contributed by atoms with Gasteiger partial charge in [-0.05, 0) is 71.1 Å². The summed E-state index contributed by atoms with van der Waals surface area (Å²) in [6, 6.07) is 2.69. The van der Waals surface area contributed by atoms with Gasteiger partial charge in [0.1, 0.15) is 36.9 Å². The van der Waals surface area contributed by atoms with E-state index in [1.807, 2.05) is 13.0 Å². The Bertz CT molecular complexity index is 1930. The molecule has 2 aromatic rings. The van der Waals surface area contributed by atoms with E-state index in [4.69, 9.17) is 18.9 Å². The summed E-state index contributed by atoms with van der Waals surface area (Å²) in [6.07, 6.45) is 3.63. The highest BCUT2D eigenvalue weighted by atomic mass is 32.2. The fourth-order valence-corrected chi connectivity index (χ4v) is 8.54. The van der Waals surface area contributed by atoms with Crippen molar-refractivity contribution in [1.82, 2.24) is 25.2 Å². The van der Waals surface area contributed by atoms with E-state index in [1.165, 1.54) is 4.90 Å². The number of benzene rings is 1. The molecule has 0 radical (unpaired) electrons. The summed E-state index contributed by atoms with van der Waals surface area (Å²) in [7, 11) is -4.02. The Morgan fingerprint density at radius 3 is 2.63 bits per heavy atom. The highest BCUT2D eigenvalue weighted by Gasteiger charge is 2.63. The van der Waals surface area contributed by atoms with E-state index < -0.39 is 74.3 Å². The molecular formula is C35H43N5O11S. The largest absolute Gasteiger partial charge is 0.486 e. The molecule has 2 saturated carbocycles. The fourth-order valence-electron chi connectivity index (χ4n) is 7.23. The van der Waals surface area contributed by atoms with Crippen molar-refractivity contribution in [2.45, 2.75) is 100.0 Å². The number of carbonyl (C=O) groups is 4. The van der Waals surface area contributed by atoms with E-state index in [0.717, 1.165) is 0 Å². The van der Waals surface area contributed by atoms with Crippen molar-refractivity contribution in [3.05, 3.63) is 36.5 Å². The monoisotopic (exact) mass is 741 g/mol. The molecule has 4 heterocycles. The molecule has 52 heavy (non-hydrogen) atoms. The van der Waals surface area contributed by atoms with Crippen LogP contribution in [0.2, 0.25) is 0 Å². The number of carboxylic acid groups (broad SMARTS) is 1. The van der Waals surface area contributed by atoms with Crippen LogP contribution in [-0.4, -0.2) is 108 Å². The number of amides is 4. The molecule has 7 atom stereocenters. The van der Waals surface area contributed by atoms with Crippen LogP contribution in [0.15, 0.2) is 36.5 Å². The highest BCUT2D eigenvalue weighted by Crippen LogP contribution is 2.48. The van der Waals surface area contributed by atoms with Crippen LogP contribution in [0.3, 0.4) is 0 Å². The number of pyridine rings is 1. The second kappa shape index (κ2) is 13.4. The van der Waals surface area contributed by atoms with Crippen molar-refractivity contribution < 1.29 is 51.6 Å². The molecule has 5 aliphatic rings. The highest BCUT2D eigenvalue weighted by molar-refractivity contribution is 7.91. The molecule has 3 fully saturated rings. The van der Waals surface area contributed by atoms with Gasteiger partial charge in [-0.1, -0.05) is 12.2 Å². The van der Waals surface area contributed by atoms with Gasteiger partial charge in [-0.2, -0.15) is 0 Å². The van der Waals surface area contributed by atoms with E-state index in [0.29, 0.717) is 61.2 Å². The van der Waals surface area contributed by atoms with Gasteiger partial charge in [-0.25, -0.2) is 18.2 Å². The van der Waals surface area contributed by atoms with E-state index in [9.17, 15) is 32.7 Å².